The summed E-state index contributed by atoms with van der Waals surface area (Å²) in [5, 5.41) is 0.600. The van der Waals surface area contributed by atoms with Crippen molar-refractivity contribution in [1.82, 2.24) is 0 Å². The number of hydrogen-bond acceptors (Lipinski definition) is 5. The molecule has 5 nitrogen and oxygen atoms in total. The second-order valence-electron chi connectivity index (χ2n) is 7.23. The van der Waals surface area contributed by atoms with Gasteiger partial charge in [-0.05, 0) is 65.7 Å². The van der Waals surface area contributed by atoms with Crippen LogP contribution in [0.1, 0.15) is 47.5 Å². The molecule has 0 amide bonds. The average molecular weight is 386 g/mol. The monoisotopic (exact) mass is 386 g/mol. The van der Waals surface area contributed by atoms with E-state index >= 15 is 0 Å². The van der Waals surface area contributed by atoms with Gasteiger partial charge in [0.1, 0.15) is 23.3 Å². The van der Waals surface area contributed by atoms with E-state index in [9.17, 15) is 4.79 Å². The van der Waals surface area contributed by atoms with Crippen molar-refractivity contribution in [3.8, 4) is 17.2 Å². The van der Waals surface area contributed by atoms with E-state index in [4.69, 9.17) is 18.6 Å². The highest BCUT2D eigenvalue weighted by Crippen LogP contribution is 2.39. The number of rotatable bonds is 9. The maximum absolute atomic E-state index is 12.2. The summed E-state index contributed by atoms with van der Waals surface area (Å²) in [7, 11) is 1.42. The van der Waals surface area contributed by atoms with Gasteiger partial charge in [0.15, 0.2) is 5.75 Å². The molecule has 0 bridgehead atoms. The van der Waals surface area contributed by atoms with E-state index in [0.29, 0.717) is 29.1 Å². The smallest absolute Gasteiger partial charge is 0.383 e. The second-order valence-corrected chi connectivity index (χ2v) is 7.23. The number of methoxy groups -OCH3 is 1. The Hall–Kier alpha value is -2.69. The third kappa shape index (κ3) is 5.65. The lowest BCUT2D eigenvalue weighted by atomic mass is 10.1. The molecule has 0 aliphatic rings. The van der Waals surface area contributed by atoms with Gasteiger partial charge in [0.2, 0.25) is 5.75 Å². The minimum atomic E-state index is -0.571. The van der Waals surface area contributed by atoms with Gasteiger partial charge in [-0.2, -0.15) is 0 Å². The van der Waals surface area contributed by atoms with E-state index in [-0.39, 0.29) is 11.9 Å². The molecule has 28 heavy (non-hydrogen) atoms. The molecule has 2 aromatic rings. The van der Waals surface area contributed by atoms with Gasteiger partial charge in [0.05, 0.1) is 13.2 Å². The highest BCUT2D eigenvalue weighted by Gasteiger charge is 2.21. The third-order valence-corrected chi connectivity index (χ3v) is 4.13. The predicted molar refractivity (Wildman–Crippen MR) is 113 cm³/mol. The Morgan fingerprint density at radius 3 is 2.54 bits per heavy atom. The topological polar surface area (TPSA) is 57.9 Å². The first-order valence-electron chi connectivity index (χ1n) is 9.55. The molecule has 0 fully saturated rings. The molecule has 0 radical (unpaired) electrons. The van der Waals surface area contributed by atoms with E-state index in [1.807, 2.05) is 19.9 Å². The maximum atomic E-state index is 12.2. The maximum Gasteiger partial charge on any atom is 0.383 e. The molecule has 1 aromatic carbocycles. The summed E-state index contributed by atoms with van der Waals surface area (Å²) in [5.41, 5.74) is 2.43. The zero-order valence-electron chi connectivity index (χ0n) is 17.6. The molecule has 0 atom stereocenters. The highest BCUT2D eigenvalue weighted by molar-refractivity contribution is 5.91. The van der Waals surface area contributed by atoms with Gasteiger partial charge in [0, 0.05) is 0 Å². The first-order valence-corrected chi connectivity index (χ1v) is 9.55. The summed E-state index contributed by atoms with van der Waals surface area (Å²) in [6, 6.07) is 5.34. The fraction of sp³-hybridized carbons (Fsp3) is 0.435. The summed E-state index contributed by atoms with van der Waals surface area (Å²) in [4.78, 5) is 12.2. The molecular weight excluding hydrogens is 356 g/mol. The van der Waals surface area contributed by atoms with E-state index in [2.05, 4.69) is 32.9 Å². The molecule has 1 aromatic heterocycles. The number of ether oxygens (including phenoxy) is 3. The Balaban J connectivity index is 2.32. The normalized spacial score (nSPS) is 11.6. The number of allylic oxidation sites excluding steroid dienone is 3. The predicted octanol–water partition coefficient (Wildman–Crippen LogP) is 5.66. The fourth-order valence-electron chi connectivity index (χ4n) is 2.78. The summed E-state index contributed by atoms with van der Waals surface area (Å²) in [6.07, 6.45) is 6.18. The Labute approximate surface area is 166 Å². The largest absolute Gasteiger partial charge is 0.489 e. The fourth-order valence-corrected chi connectivity index (χ4v) is 2.78. The van der Waals surface area contributed by atoms with Crippen LogP contribution in [0.2, 0.25) is 0 Å². The van der Waals surface area contributed by atoms with E-state index < -0.39 is 5.63 Å². The van der Waals surface area contributed by atoms with Crippen LogP contribution in [-0.2, 0) is 0 Å². The van der Waals surface area contributed by atoms with Crippen molar-refractivity contribution < 1.29 is 18.6 Å². The minimum Gasteiger partial charge on any atom is -0.489 e. The van der Waals surface area contributed by atoms with Gasteiger partial charge in [0.25, 0.3) is 0 Å². The molecule has 0 aliphatic heterocycles. The van der Waals surface area contributed by atoms with Crippen LogP contribution in [0.3, 0.4) is 0 Å². The van der Waals surface area contributed by atoms with Crippen LogP contribution in [-0.4, -0.2) is 19.8 Å². The standard InChI is InChI=1S/C23H30O5/c1-15(2)9-7-10-17(5)13-14-26-18-11-8-12-19-20(18)21(27-16(3)4)22(25-6)23(24)28-19/h8-9,11-13,16H,7,10,14H2,1-6H3. The zero-order chi connectivity index (χ0) is 20.7. The van der Waals surface area contributed by atoms with Crippen molar-refractivity contribution in [3.05, 3.63) is 51.9 Å². The quantitative estimate of drug-likeness (QED) is 0.411. The molecule has 152 valence electrons. The SMILES string of the molecule is COc1c(OC(C)C)c2c(OCC=C(C)CCC=C(C)C)cccc2oc1=O. The number of fused-ring (bicyclic) bond motifs is 1. The van der Waals surface area contributed by atoms with Crippen molar-refractivity contribution in [3.63, 3.8) is 0 Å². The van der Waals surface area contributed by atoms with Gasteiger partial charge in [-0.25, -0.2) is 4.79 Å². The van der Waals surface area contributed by atoms with Crippen molar-refractivity contribution in [2.45, 2.75) is 53.6 Å². The number of benzene rings is 1. The van der Waals surface area contributed by atoms with Crippen molar-refractivity contribution >= 4 is 11.0 Å². The highest BCUT2D eigenvalue weighted by atomic mass is 16.5. The molecule has 2 rings (SSSR count). The summed E-state index contributed by atoms with van der Waals surface area (Å²) < 4.78 is 22.5. The van der Waals surface area contributed by atoms with Crippen LogP contribution in [0.25, 0.3) is 11.0 Å². The van der Waals surface area contributed by atoms with Gasteiger partial charge in [-0.3, -0.25) is 0 Å². The van der Waals surface area contributed by atoms with E-state index in [1.54, 1.807) is 12.1 Å². The second kappa shape index (κ2) is 10.0. The van der Waals surface area contributed by atoms with Crippen molar-refractivity contribution in [1.29, 1.82) is 0 Å². The minimum absolute atomic E-state index is 0.0469. The lowest BCUT2D eigenvalue weighted by Gasteiger charge is -2.16. The Kier molecular flexibility index (Phi) is 7.73. The van der Waals surface area contributed by atoms with Crippen LogP contribution in [0.4, 0.5) is 0 Å². The van der Waals surface area contributed by atoms with E-state index in [1.165, 1.54) is 18.3 Å². The zero-order valence-corrected chi connectivity index (χ0v) is 17.6. The molecule has 0 unspecified atom stereocenters. The van der Waals surface area contributed by atoms with Crippen molar-refractivity contribution in [2.75, 3.05) is 13.7 Å². The van der Waals surface area contributed by atoms with Crippen LogP contribution in [0.5, 0.6) is 17.2 Å². The molecule has 0 aliphatic carbocycles. The lowest BCUT2D eigenvalue weighted by Crippen LogP contribution is -2.12. The lowest BCUT2D eigenvalue weighted by molar-refractivity contribution is 0.228. The van der Waals surface area contributed by atoms with Crippen molar-refractivity contribution in [2.24, 2.45) is 0 Å². The summed E-state index contributed by atoms with van der Waals surface area (Å²) in [5.74, 6) is 0.984. The molecule has 1 heterocycles. The average Bonchev–Trinajstić information content (AvgIpc) is 2.61. The first kappa shape index (κ1) is 21.6. The molecule has 0 N–H and O–H groups in total. The van der Waals surface area contributed by atoms with Crippen LogP contribution in [0.15, 0.2) is 50.7 Å². The Bertz CT molecular complexity index is 914. The van der Waals surface area contributed by atoms with Gasteiger partial charge < -0.3 is 18.6 Å². The molecule has 0 spiro atoms. The summed E-state index contributed by atoms with van der Waals surface area (Å²) >= 11 is 0. The Morgan fingerprint density at radius 1 is 1.14 bits per heavy atom. The van der Waals surface area contributed by atoms with Gasteiger partial charge in [-0.15, -0.1) is 0 Å². The van der Waals surface area contributed by atoms with Gasteiger partial charge >= 0.3 is 5.63 Å². The Morgan fingerprint density at radius 2 is 1.89 bits per heavy atom. The molecule has 0 saturated heterocycles. The van der Waals surface area contributed by atoms with Crippen LogP contribution in [0, 0.1) is 0 Å². The summed E-state index contributed by atoms with van der Waals surface area (Å²) in [6.45, 7) is 10.5. The first-order chi connectivity index (χ1) is 13.3. The number of hydrogen-bond donors (Lipinski definition) is 0. The van der Waals surface area contributed by atoms with Gasteiger partial charge in [-0.1, -0.05) is 23.3 Å². The molecule has 5 heteroatoms. The molecular formula is C23H30O5. The van der Waals surface area contributed by atoms with Crippen LogP contribution < -0.4 is 19.8 Å². The molecule has 0 saturated carbocycles. The van der Waals surface area contributed by atoms with Crippen LogP contribution >= 0.6 is 0 Å². The van der Waals surface area contributed by atoms with E-state index in [0.717, 1.165) is 12.8 Å². The third-order valence-electron chi connectivity index (χ3n) is 4.13.